The molecule has 7 nitrogen and oxygen atoms in total. The maximum atomic E-state index is 12.5. The summed E-state index contributed by atoms with van der Waals surface area (Å²) in [7, 11) is 1.63. The van der Waals surface area contributed by atoms with Gasteiger partial charge in [0.15, 0.2) is 0 Å². The Kier molecular flexibility index (Phi) is 4.90. The van der Waals surface area contributed by atoms with Gasteiger partial charge in [-0.25, -0.2) is 0 Å². The van der Waals surface area contributed by atoms with Gasteiger partial charge in [0.25, 0.3) is 0 Å². The first-order valence-corrected chi connectivity index (χ1v) is 8.44. The minimum absolute atomic E-state index is 0.0673. The minimum Gasteiger partial charge on any atom is -0.383 e. The molecule has 0 bridgehead atoms. The molecule has 0 saturated carbocycles. The number of rotatable bonds is 5. The molecule has 1 aromatic rings. The van der Waals surface area contributed by atoms with Crippen LogP contribution in [0.2, 0.25) is 0 Å². The molecule has 0 aliphatic carbocycles. The molecule has 3 heterocycles. The normalized spacial score (nSPS) is 27.7. The van der Waals surface area contributed by atoms with Gasteiger partial charge in [-0.05, 0) is 13.3 Å². The molecule has 22 heavy (non-hydrogen) atoms. The number of carbonyl (C=O) groups excluding carboxylic acids is 1. The van der Waals surface area contributed by atoms with Crippen molar-refractivity contribution < 1.29 is 14.3 Å². The number of carbonyl (C=O) groups is 1. The highest BCUT2D eigenvalue weighted by molar-refractivity contribution is 7.15. The van der Waals surface area contributed by atoms with Crippen molar-refractivity contribution in [2.24, 2.45) is 11.8 Å². The molecule has 0 radical (unpaired) electrons. The van der Waals surface area contributed by atoms with Crippen molar-refractivity contribution in [3.8, 4) is 0 Å². The molecule has 2 fully saturated rings. The zero-order chi connectivity index (χ0) is 15.5. The molecule has 2 aliphatic rings. The van der Waals surface area contributed by atoms with Crippen molar-refractivity contribution in [2.45, 2.75) is 19.4 Å². The topological polar surface area (TPSA) is 76.6 Å². The largest absolute Gasteiger partial charge is 0.383 e. The molecule has 0 aromatic carbocycles. The van der Waals surface area contributed by atoms with Crippen LogP contribution in [0.15, 0.2) is 0 Å². The fraction of sp³-hybridized carbons (Fsp3) is 0.786. The zero-order valence-corrected chi connectivity index (χ0v) is 13.8. The number of ether oxygens (including phenoxy) is 2. The summed E-state index contributed by atoms with van der Waals surface area (Å²) < 4.78 is 10.8. The van der Waals surface area contributed by atoms with E-state index in [1.807, 2.05) is 6.92 Å². The number of fused-ring (bicyclic) bond motifs is 1. The van der Waals surface area contributed by atoms with Gasteiger partial charge in [0, 0.05) is 39.3 Å². The number of anilines is 1. The first kappa shape index (κ1) is 15.6. The second-order valence-electron chi connectivity index (χ2n) is 5.76. The Morgan fingerprint density at radius 2 is 2.36 bits per heavy atom. The molecule has 122 valence electrons. The van der Waals surface area contributed by atoms with Gasteiger partial charge in [-0.15, -0.1) is 10.2 Å². The number of hydrogen-bond donors (Lipinski definition) is 1. The average molecular weight is 326 g/mol. The lowest BCUT2D eigenvalue weighted by atomic mass is 9.82. The number of hydrogen-bond acceptors (Lipinski definition) is 7. The molecule has 1 N–H and O–H groups in total. The van der Waals surface area contributed by atoms with Gasteiger partial charge in [-0.1, -0.05) is 11.3 Å². The van der Waals surface area contributed by atoms with Crippen molar-refractivity contribution >= 4 is 22.4 Å². The average Bonchev–Trinajstić information content (AvgIpc) is 3.14. The van der Waals surface area contributed by atoms with Gasteiger partial charge >= 0.3 is 0 Å². The number of nitrogens with one attached hydrogen (secondary N) is 1. The Labute approximate surface area is 134 Å². The second-order valence-corrected chi connectivity index (χ2v) is 6.92. The Morgan fingerprint density at radius 3 is 3.09 bits per heavy atom. The van der Waals surface area contributed by atoms with Crippen LogP contribution < -0.4 is 10.2 Å². The van der Waals surface area contributed by atoms with Crippen molar-refractivity contribution in [1.82, 2.24) is 15.5 Å². The van der Waals surface area contributed by atoms with E-state index in [0.29, 0.717) is 25.6 Å². The van der Waals surface area contributed by atoms with E-state index in [9.17, 15) is 4.79 Å². The fourth-order valence-corrected chi connectivity index (χ4v) is 3.94. The third-order valence-electron chi connectivity index (χ3n) is 4.32. The first-order valence-electron chi connectivity index (χ1n) is 7.62. The van der Waals surface area contributed by atoms with Crippen LogP contribution in [-0.2, 0) is 14.3 Å². The first-order chi connectivity index (χ1) is 10.7. The summed E-state index contributed by atoms with van der Waals surface area (Å²) in [5, 5.41) is 13.1. The number of amides is 1. The van der Waals surface area contributed by atoms with Crippen molar-refractivity contribution in [1.29, 1.82) is 0 Å². The van der Waals surface area contributed by atoms with Crippen LogP contribution in [0, 0.1) is 18.8 Å². The van der Waals surface area contributed by atoms with Crippen LogP contribution in [0.5, 0.6) is 0 Å². The van der Waals surface area contributed by atoms with Gasteiger partial charge in [-0.2, -0.15) is 0 Å². The molecule has 3 atom stereocenters. The maximum absolute atomic E-state index is 12.5. The Hall–Kier alpha value is -1.25. The number of methoxy groups -OCH3 is 1. The van der Waals surface area contributed by atoms with E-state index in [-0.39, 0.29) is 17.9 Å². The van der Waals surface area contributed by atoms with Gasteiger partial charge in [0.1, 0.15) is 5.01 Å². The number of aromatic nitrogens is 2. The SMILES string of the molecule is COCCNC(=O)[C@@H]1CN(c2nnc(C)s2)C[C@@H]2OCC[C@@H]21. The Bertz CT molecular complexity index is 524. The van der Waals surface area contributed by atoms with Crippen molar-refractivity contribution in [2.75, 3.05) is 44.9 Å². The monoisotopic (exact) mass is 326 g/mol. The van der Waals surface area contributed by atoms with Crippen molar-refractivity contribution in [3.05, 3.63) is 5.01 Å². The van der Waals surface area contributed by atoms with E-state index in [1.54, 1.807) is 18.4 Å². The lowest BCUT2D eigenvalue weighted by molar-refractivity contribution is -0.128. The molecule has 2 saturated heterocycles. The third-order valence-corrected chi connectivity index (χ3v) is 5.22. The zero-order valence-electron chi connectivity index (χ0n) is 12.9. The standard InChI is InChI=1S/C14H22N4O3S/c1-9-16-17-14(22-9)18-7-11(13(19)15-4-6-20-2)10-3-5-21-12(10)8-18/h10-12H,3-8H2,1-2H3,(H,15,19)/t10-,11-,12+/m1/s1. The van der Waals surface area contributed by atoms with Crippen molar-refractivity contribution in [3.63, 3.8) is 0 Å². The number of aryl methyl sites for hydroxylation is 1. The van der Waals surface area contributed by atoms with E-state index >= 15 is 0 Å². The van der Waals surface area contributed by atoms with Gasteiger partial charge in [0.2, 0.25) is 11.0 Å². The lowest BCUT2D eigenvalue weighted by Gasteiger charge is -2.38. The molecule has 2 aliphatic heterocycles. The second kappa shape index (κ2) is 6.89. The highest BCUT2D eigenvalue weighted by Crippen LogP contribution is 2.36. The summed E-state index contributed by atoms with van der Waals surface area (Å²) in [6, 6.07) is 0. The van der Waals surface area contributed by atoms with E-state index in [1.165, 1.54) is 0 Å². The molecular formula is C14H22N4O3S. The Morgan fingerprint density at radius 1 is 1.50 bits per heavy atom. The van der Waals surface area contributed by atoms with Gasteiger partial charge < -0.3 is 19.7 Å². The van der Waals surface area contributed by atoms with E-state index in [0.717, 1.165) is 29.7 Å². The summed E-state index contributed by atoms with van der Waals surface area (Å²) in [5.41, 5.74) is 0. The lowest BCUT2D eigenvalue weighted by Crippen LogP contribution is -2.53. The quantitative estimate of drug-likeness (QED) is 0.792. The number of piperidine rings is 1. The highest BCUT2D eigenvalue weighted by Gasteiger charge is 2.44. The van der Waals surface area contributed by atoms with E-state index in [2.05, 4.69) is 20.4 Å². The van der Waals surface area contributed by atoms with E-state index in [4.69, 9.17) is 9.47 Å². The minimum atomic E-state index is -0.0673. The summed E-state index contributed by atoms with van der Waals surface area (Å²) in [6.07, 6.45) is 1.06. The van der Waals surface area contributed by atoms with Crippen LogP contribution in [0.1, 0.15) is 11.4 Å². The molecule has 1 aromatic heterocycles. The molecular weight excluding hydrogens is 304 g/mol. The summed E-state index contributed by atoms with van der Waals surface area (Å²) in [5.74, 6) is 0.318. The molecule has 8 heteroatoms. The van der Waals surface area contributed by atoms with Crippen LogP contribution in [-0.4, -0.2) is 62.2 Å². The van der Waals surface area contributed by atoms with E-state index < -0.39 is 0 Å². The third kappa shape index (κ3) is 3.23. The van der Waals surface area contributed by atoms with Gasteiger partial charge in [-0.3, -0.25) is 4.79 Å². The van der Waals surface area contributed by atoms with Crippen LogP contribution in [0.25, 0.3) is 0 Å². The summed E-state index contributed by atoms with van der Waals surface area (Å²) in [4.78, 5) is 14.7. The predicted octanol–water partition coefficient (Wildman–Crippen LogP) is 0.450. The molecule has 1 amide bonds. The Balaban J connectivity index is 1.70. The smallest absolute Gasteiger partial charge is 0.225 e. The fourth-order valence-electron chi connectivity index (χ4n) is 3.23. The van der Waals surface area contributed by atoms with Crippen LogP contribution >= 0.6 is 11.3 Å². The molecule has 3 rings (SSSR count). The number of nitrogens with zero attached hydrogens (tertiary/aromatic N) is 3. The van der Waals surface area contributed by atoms with Crippen LogP contribution in [0.4, 0.5) is 5.13 Å². The summed E-state index contributed by atoms with van der Waals surface area (Å²) >= 11 is 1.56. The molecule has 0 spiro atoms. The van der Waals surface area contributed by atoms with Gasteiger partial charge in [0.05, 0.1) is 18.6 Å². The van der Waals surface area contributed by atoms with Crippen LogP contribution in [0.3, 0.4) is 0 Å². The summed E-state index contributed by atoms with van der Waals surface area (Å²) in [6.45, 7) is 5.22. The molecule has 0 unspecified atom stereocenters. The predicted molar refractivity (Wildman–Crippen MR) is 83.1 cm³/mol. The highest BCUT2D eigenvalue weighted by atomic mass is 32.1. The maximum Gasteiger partial charge on any atom is 0.225 e.